The summed E-state index contributed by atoms with van der Waals surface area (Å²) in [6, 6.07) is 21.2. The summed E-state index contributed by atoms with van der Waals surface area (Å²) < 4.78 is 48.9. The minimum absolute atomic E-state index is 0.139. The molecule has 0 aromatic heterocycles. The molecule has 1 aliphatic carbocycles. The maximum Gasteiger partial charge on any atom is 0.267 e. The molecular formula is C35H43NO6S. The van der Waals surface area contributed by atoms with Crippen LogP contribution in [0.4, 0.5) is 0 Å². The van der Waals surface area contributed by atoms with Crippen LogP contribution in [0.3, 0.4) is 0 Å². The molecular weight excluding hydrogens is 562 g/mol. The van der Waals surface area contributed by atoms with Gasteiger partial charge in [-0.25, -0.2) is 0 Å². The van der Waals surface area contributed by atoms with Gasteiger partial charge < -0.3 is 14.2 Å². The molecule has 1 aliphatic rings. The van der Waals surface area contributed by atoms with Gasteiger partial charge in [-0.15, -0.1) is 0 Å². The molecule has 8 heteroatoms. The molecule has 0 saturated heterocycles. The Morgan fingerprint density at radius 1 is 0.860 bits per heavy atom. The summed E-state index contributed by atoms with van der Waals surface area (Å²) in [7, 11) is -0.538. The Morgan fingerprint density at radius 3 is 2.33 bits per heavy atom. The molecule has 0 heterocycles. The molecule has 43 heavy (non-hydrogen) atoms. The highest BCUT2D eigenvalue weighted by molar-refractivity contribution is 7.86. The van der Waals surface area contributed by atoms with Gasteiger partial charge in [-0.2, -0.15) is 8.42 Å². The SMILES string of the molecule is CCCCCCN=CCOc1ccc(C(OS(=O)(=O)CC)C2=C(c3cccc(OC)c3)CCc3cc(OC)ccc32)cc1. The number of hydrogen-bond acceptors (Lipinski definition) is 7. The third-order valence-corrected chi connectivity index (χ3v) is 8.82. The average molecular weight is 606 g/mol. The van der Waals surface area contributed by atoms with Gasteiger partial charge >= 0.3 is 0 Å². The van der Waals surface area contributed by atoms with Gasteiger partial charge in [0, 0.05) is 12.8 Å². The number of rotatable bonds is 16. The van der Waals surface area contributed by atoms with E-state index in [4.69, 9.17) is 18.4 Å². The van der Waals surface area contributed by atoms with Crippen molar-refractivity contribution in [1.29, 1.82) is 0 Å². The van der Waals surface area contributed by atoms with Gasteiger partial charge in [0.25, 0.3) is 10.1 Å². The minimum Gasteiger partial charge on any atom is -0.497 e. The summed E-state index contributed by atoms with van der Waals surface area (Å²) in [6.07, 6.45) is 7.15. The van der Waals surface area contributed by atoms with E-state index in [0.717, 1.165) is 58.7 Å². The van der Waals surface area contributed by atoms with Crippen LogP contribution in [0.1, 0.15) is 74.3 Å². The number of hydrogen-bond donors (Lipinski definition) is 0. The van der Waals surface area contributed by atoms with Crippen LogP contribution < -0.4 is 14.2 Å². The lowest BCUT2D eigenvalue weighted by Gasteiger charge is -2.30. The van der Waals surface area contributed by atoms with Crippen molar-refractivity contribution < 1.29 is 26.8 Å². The monoisotopic (exact) mass is 605 g/mol. The molecule has 3 aromatic rings. The lowest BCUT2D eigenvalue weighted by Crippen LogP contribution is -2.19. The summed E-state index contributed by atoms with van der Waals surface area (Å²) >= 11 is 0. The predicted molar refractivity (Wildman–Crippen MR) is 174 cm³/mol. The zero-order valence-corrected chi connectivity index (χ0v) is 26.5. The molecule has 4 rings (SSSR count). The molecule has 0 spiro atoms. The Balaban J connectivity index is 1.71. The molecule has 7 nitrogen and oxygen atoms in total. The van der Waals surface area contributed by atoms with E-state index in [-0.39, 0.29) is 5.75 Å². The number of allylic oxidation sites excluding steroid dienone is 1. The molecule has 1 atom stereocenters. The standard InChI is InChI=1S/C35H43NO6S/c1-5-7-8-9-21-36-22-23-41-29-16-13-26(14-17-29)35(42-43(37,38)6-2)34-32(27-11-10-12-30(24-27)39-3)19-15-28-25-31(40-4)18-20-33(28)34/h10-14,16-18,20,22,24-25,35H,5-9,15,19,21,23H2,1-4H3. The first-order valence-electron chi connectivity index (χ1n) is 15.1. The first-order valence-corrected chi connectivity index (χ1v) is 16.6. The van der Waals surface area contributed by atoms with Gasteiger partial charge in [0.15, 0.2) is 0 Å². The topological polar surface area (TPSA) is 83.4 Å². The number of nitrogens with zero attached hydrogens (tertiary/aromatic N) is 1. The van der Waals surface area contributed by atoms with Gasteiger partial charge in [-0.1, -0.05) is 56.5 Å². The smallest absolute Gasteiger partial charge is 0.267 e. The van der Waals surface area contributed by atoms with Crippen LogP contribution in [0, 0.1) is 0 Å². The predicted octanol–water partition coefficient (Wildman–Crippen LogP) is 7.70. The van der Waals surface area contributed by atoms with Gasteiger partial charge in [0.2, 0.25) is 0 Å². The number of fused-ring (bicyclic) bond motifs is 1. The summed E-state index contributed by atoms with van der Waals surface area (Å²) in [5, 5.41) is 0. The second kappa shape index (κ2) is 15.7. The molecule has 3 aromatic carbocycles. The van der Waals surface area contributed by atoms with Crippen LogP contribution in [0.15, 0.2) is 71.7 Å². The zero-order chi connectivity index (χ0) is 30.7. The van der Waals surface area contributed by atoms with Crippen molar-refractivity contribution in [2.45, 2.75) is 58.5 Å². The van der Waals surface area contributed by atoms with Crippen LogP contribution in [0.5, 0.6) is 17.2 Å². The van der Waals surface area contributed by atoms with Gasteiger partial charge in [0.1, 0.15) is 30.0 Å². The summed E-state index contributed by atoms with van der Waals surface area (Å²) in [5.74, 6) is 2.02. The lowest BCUT2D eigenvalue weighted by molar-refractivity contribution is 0.270. The van der Waals surface area contributed by atoms with E-state index in [2.05, 4.69) is 11.9 Å². The largest absolute Gasteiger partial charge is 0.497 e. The highest BCUT2D eigenvalue weighted by Crippen LogP contribution is 2.47. The number of benzene rings is 3. The van der Waals surface area contributed by atoms with E-state index in [0.29, 0.717) is 24.3 Å². The third-order valence-electron chi connectivity index (χ3n) is 7.63. The Hall–Kier alpha value is -3.62. The molecule has 0 bridgehead atoms. The first-order chi connectivity index (χ1) is 20.9. The van der Waals surface area contributed by atoms with Crippen molar-refractivity contribution in [3.05, 3.63) is 89.0 Å². The molecule has 0 saturated carbocycles. The van der Waals surface area contributed by atoms with E-state index >= 15 is 0 Å². The van der Waals surface area contributed by atoms with Crippen molar-refractivity contribution in [3.63, 3.8) is 0 Å². The molecule has 0 fully saturated rings. The lowest BCUT2D eigenvalue weighted by atomic mass is 9.79. The van der Waals surface area contributed by atoms with Crippen molar-refractivity contribution in [1.82, 2.24) is 0 Å². The number of aliphatic imine (C=N–C) groups is 1. The van der Waals surface area contributed by atoms with Crippen LogP contribution in [-0.2, 0) is 20.7 Å². The Bertz CT molecular complexity index is 1510. The first kappa shape index (κ1) is 32.3. The third kappa shape index (κ3) is 8.71. The number of methoxy groups -OCH3 is 2. The van der Waals surface area contributed by atoms with E-state index < -0.39 is 16.2 Å². The van der Waals surface area contributed by atoms with Gasteiger partial charge in [-0.3, -0.25) is 9.18 Å². The van der Waals surface area contributed by atoms with Crippen molar-refractivity contribution in [2.75, 3.05) is 33.1 Å². The number of aryl methyl sites for hydroxylation is 1. The molecule has 1 unspecified atom stereocenters. The van der Waals surface area contributed by atoms with Gasteiger partial charge in [0.05, 0.1) is 20.0 Å². The molecule has 0 radical (unpaired) electrons. The van der Waals surface area contributed by atoms with Crippen LogP contribution in [0.25, 0.3) is 11.1 Å². The second-order valence-corrected chi connectivity index (χ2v) is 12.4. The molecule has 0 N–H and O–H groups in total. The quantitative estimate of drug-likeness (QED) is 0.0945. The Labute approximate surface area is 256 Å². The van der Waals surface area contributed by atoms with E-state index in [9.17, 15) is 8.42 Å². The number of ether oxygens (including phenoxy) is 3. The zero-order valence-electron chi connectivity index (χ0n) is 25.7. The van der Waals surface area contributed by atoms with Crippen LogP contribution >= 0.6 is 0 Å². The van der Waals surface area contributed by atoms with Crippen molar-refractivity contribution in [2.24, 2.45) is 4.99 Å². The second-order valence-electron chi connectivity index (χ2n) is 10.5. The maximum atomic E-state index is 13.0. The average Bonchev–Trinajstić information content (AvgIpc) is 3.04. The summed E-state index contributed by atoms with van der Waals surface area (Å²) in [6.45, 7) is 4.97. The van der Waals surface area contributed by atoms with E-state index in [1.54, 1.807) is 27.4 Å². The Morgan fingerprint density at radius 2 is 1.60 bits per heavy atom. The van der Waals surface area contributed by atoms with Crippen LogP contribution in [-0.4, -0.2) is 47.8 Å². The van der Waals surface area contributed by atoms with Crippen LogP contribution in [0.2, 0.25) is 0 Å². The molecule has 230 valence electrons. The minimum atomic E-state index is -3.82. The summed E-state index contributed by atoms with van der Waals surface area (Å²) in [4.78, 5) is 4.44. The molecule has 0 aliphatic heterocycles. The van der Waals surface area contributed by atoms with E-state index in [1.807, 2.05) is 66.7 Å². The fourth-order valence-electron chi connectivity index (χ4n) is 5.26. The maximum absolute atomic E-state index is 13.0. The molecule has 0 amide bonds. The fourth-order valence-corrected chi connectivity index (χ4v) is 5.90. The van der Waals surface area contributed by atoms with E-state index in [1.165, 1.54) is 19.3 Å². The normalized spacial score (nSPS) is 14.0. The Kier molecular flexibility index (Phi) is 11.8. The number of unbranched alkanes of at least 4 members (excludes halogenated alkanes) is 3. The fraction of sp³-hybridized carbons (Fsp3) is 0.400. The van der Waals surface area contributed by atoms with Crippen molar-refractivity contribution >= 4 is 27.5 Å². The van der Waals surface area contributed by atoms with Gasteiger partial charge in [-0.05, 0) is 96.0 Å². The van der Waals surface area contributed by atoms with Crippen molar-refractivity contribution in [3.8, 4) is 17.2 Å². The summed E-state index contributed by atoms with van der Waals surface area (Å²) in [5.41, 5.74) is 5.54. The highest BCUT2D eigenvalue weighted by Gasteiger charge is 2.32. The highest BCUT2D eigenvalue weighted by atomic mass is 32.2.